The van der Waals surface area contributed by atoms with Crippen molar-refractivity contribution in [1.82, 2.24) is 15.3 Å². The summed E-state index contributed by atoms with van der Waals surface area (Å²) in [5.41, 5.74) is 2.69. The fourth-order valence-electron chi connectivity index (χ4n) is 2.96. The van der Waals surface area contributed by atoms with Crippen LogP contribution in [-0.2, 0) is 12.0 Å². The van der Waals surface area contributed by atoms with E-state index in [1.165, 1.54) is 30.5 Å². The molecule has 1 saturated carbocycles. The average molecular weight is 269 g/mol. The molecular weight excluding hydrogens is 246 g/mol. The number of hydrogen-bond donors (Lipinski definition) is 2. The van der Waals surface area contributed by atoms with Gasteiger partial charge in [-0.2, -0.15) is 0 Å². The molecule has 1 aromatic heterocycles. The van der Waals surface area contributed by atoms with E-state index in [9.17, 15) is 0 Å². The molecule has 3 nitrogen and oxygen atoms in total. The minimum atomic E-state index is 0.122. The Morgan fingerprint density at radius 1 is 1.25 bits per heavy atom. The molecule has 0 unspecified atom stereocenters. The van der Waals surface area contributed by atoms with Crippen LogP contribution in [0.1, 0.15) is 50.2 Å². The van der Waals surface area contributed by atoms with Crippen molar-refractivity contribution >= 4 is 0 Å². The first-order valence-electron chi connectivity index (χ1n) is 7.54. The summed E-state index contributed by atoms with van der Waals surface area (Å²) in [4.78, 5) is 8.21. The lowest BCUT2D eigenvalue weighted by molar-refractivity contribution is 0.286. The van der Waals surface area contributed by atoms with E-state index in [-0.39, 0.29) is 5.41 Å². The van der Waals surface area contributed by atoms with Crippen LogP contribution in [0, 0.1) is 0 Å². The van der Waals surface area contributed by atoms with Gasteiger partial charge < -0.3 is 10.3 Å². The summed E-state index contributed by atoms with van der Waals surface area (Å²) in [5, 5.41) is 3.43. The molecule has 0 radical (unpaired) electrons. The number of hydrogen-bond acceptors (Lipinski definition) is 2. The molecule has 0 bridgehead atoms. The van der Waals surface area contributed by atoms with E-state index >= 15 is 0 Å². The second-order valence-corrected chi connectivity index (χ2v) is 6.09. The Labute approximate surface area is 120 Å². The SMILES string of the molecule is CC(C)NCc1cnc(C2(c3ccccc3)CCC2)[nH]1. The predicted molar refractivity (Wildman–Crippen MR) is 81.6 cm³/mol. The van der Waals surface area contributed by atoms with Crippen LogP contribution in [0.25, 0.3) is 0 Å². The lowest BCUT2D eigenvalue weighted by Gasteiger charge is -2.40. The maximum absolute atomic E-state index is 4.67. The zero-order chi connectivity index (χ0) is 14.0. The van der Waals surface area contributed by atoms with Crippen LogP contribution in [0.3, 0.4) is 0 Å². The molecule has 1 aliphatic carbocycles. The van der Waals surface area contributed by atoms with Gasteiger partial charge in [0.1, 0.15) is 5.82 Å². The van der Waals surface area contributed by atoms with Crippen molar-refractivity contribution < 1.29 is 0 Å². The summed E-state index contributed by atoms with van der Waals surface area (Å²) >= 11 is 0. The van der Waals surface area contributed by atoms with E-state index < -0.39 is 0 Å². The summed E-state index contributed by atoms with van der Waals surface area (Å²) in [6.45, 7) is 5.18. The van der Waals surface area contributed by atoms with Gasteiger partial charge in [-0.15, -0.1) is 0 Å². The fraction of sp³-hybridized carbons (Fsp3) is 0.471. The Hall–Kier alpha value is -1.61. The first kappa shape index (κ1) is 13.4. The van der Waals surface area contributed by atoms with Gasteiger partial charge in [0.2, 0.25) is 0 Å². The van der Waals surface area contributed by atoms with Gasteiger partial charge in [-0.1, -0.05) is 50.6 Å². The highest BCUT2D eigenvalue weighted by atomic mass is 15.0. The average Bonchev–Trinajstić information content (AvgIpc) is 2.85. The van der Waals surface area contributed by atoms with Crippen molar-refractivity contribution in [2.75, 3.05) is 0 Å². The predicted octanol–water partition coefficient (Wildman–Crippen LogP) is 3.38. The number of rotatable bonds is 5. The molecule has 1 heterocycles. The van der Waals surface area contributed by atoms with Gasteiger partial charge >= 0.3 is 0 Å². The van der Waals surface area contributed by atoms with Gasteiger partial charge in [-0.3, -0.25) is 0 Å². The van der Waals surface area contributed by atoms with Gasteiger partial charge in [0.05, 0.1) is 5.41 Å². The van der Waals surface area contributed by atoms with Crippen molar-refractivity contribution in [2.45, 2.75) is 51.1 Å². The second-order valence-electron chi connectivity index (χ2n) is 6.09. The Bertz CT molecular complexity index is 553. The van der Waals surface area contributed by atoms with E-state index in [1.54, 1.807) is 0 Å². The molecule has 2 N–H and O–H groups in total. The maximum Gasteiger partial charge on any atom is 0.116 e. The summed E-state index contributed by atoms with van der Waals surface area (Å²) in [5.74, 6) is 1.13. The van der Waals surface area contributed by atoms with Gasteiger partial charge in [-0.05, 0) is 18.4 Å². The monoisotopic (exact) mass is 269 g/mol. The number of nitrogens with one attached hydrogen (secondary N) is 2. The third kappa shape index (κ3) is 2.38. The van der Waals surface area contributed by atoms with Crippen LogP contribution < -0.4 is 5.32 Å². The van der Waals surface area contributed by atoms with Crippen LogP contribution in [-0.4, -0.2) is 16.0 Å². The molecule has 20 heavy (non-hydrogen) atoms. The first-order valence-corrected chi connectivity index (χ1v) is 7.54. The minimum Gasteiger partial charge on any atom is -0.344 e. The molecule has 0 atom stereocenters. The van der Waals surface area contributed by atoms with Gasteiger partial charge in [0.15, 0.2) is 0 Å². The number of aromatic nitrogens is 2. The second kappa shape index (κ2) is 5.41. The summed E-state index contributed by atoms with van der Waals surface area (Å²) < 4.78 is 0. The molecule has 0 aliphatic heterocycles. The number of imidazole rings is 1. The van der Waals surface area contributed by atoms with Gasteiger partial charge in [0.25, 0.3) is 0 Å². The first-order chi connectivity index (χ1) is 9.71. The third-order valence-corrected chi connectivity index (χ3v) is 4.32. The number of nitrogens with zero attached hydrogens (tertiary/aromatic N) is 1. The Morgan fingerprint density at radius 3 is 2.60 bits per heavy atom. The third-order valence-electron chi connectivity index (χ3n) is 4.32. The summed E-state index contributed by atoms with van der Waals surface area (Å²) in [6.07, 6.45) is 5.66. The normalized spacial score (nSPS) is 17.1. The lowest BCUT2D eigenvalue weighted by Crippen LogP contribution is -2.36. The van der Waals surface area contributed by atoms with Crippen LogP contribution in [0.15, 0.2) is 36.5 Å². The van der Waals surface area contributed by atoms with E-state index in [0.717, 1.165) is 12.4 Å². The molecule has 1 aromatic carbocycles. The maximum atomic E-state index is 4.67. The van der Waals surface area contributed by atoms with Crippen molar-refractivity contribution in [2.24, 2.45) is 0 Å². The highest BCUT2D eigenvalue weighted by molar-refractivity contribution is 5.36. The Balaban J connectivity index is 1.84. The largest absolute Gasteiger partial charge is 0.344 e. The zero-order valence-corrected chi connectivity index (χ0v) is 12.3. The molecule has 3 heteroatoms. The quantitative estimate of drug-likeness (QED) is 0.873. The molecule has 3 rings (SSSR count). The van der Waals surface area contributed by atoms with E-state index in [0.29, 0.717) is 6.04 Å². The zero-order valence-electron chi connectivity index (χ0n) is 12.3. The van der Waals surface area contributed by atoms with Crippen LogP contribution in [0.2, 0.25) is 0 Å². The lowest BCUT2D eigenvalue weighted by atomic mass is 9.64. The Morgan fingerprint density at radius 2 is 2.00 bits per heavy atom. The molecule has 0 amide bonds. The number of aromatic amines is 1. The molecule has 1 aliphatic rings. The molecule has 0 saturated heterocycles. The van der Waals surface area contributed by atoms with E-state index in [1.807, 2.05) is 6.20 Å². The smallest absolute Gasteiger partial charge is 0.116 e. The molecule has 106 valence electrons. The van der Waals surface area contributed by atoms with E-state index in [4.69, 9.17) is 0 Å². The summed E-state index contributed by atoms with van der Waals surface area (Å²) in [7, 11) is 0. The highest BCUT2D eigenvalue weighted by Gasteiger charge is 2.42. The van der Waals surface area contributed by atoms with Crippen molar-refractivity contribution in [1.29, 1.82) is 0 Å². The summed E-state index contributed by atoms with van der Waals surface area (Å²) in [6, 6.07) is 11.3. The van der Waals surface area contributed by atoms with Gasteiger partial charge in [-0.25, -0.2) is 4.98 Å². The molecular formula is C17H23N3. The van der Waals surface area contributed by atoms with Crippen LogP contribution in [0.4, 0.5) is 0 Å². The fourth-order valence-corrected chi connectivity index (χ4v) is 2.96. The van der Waals surface area contributed by atoms with Crippen molar-refractivity contribution in [3.8, 4) is 0 Å². The standard InChI is InChI=1S/C17H23N3/c1-13(2)18-11-15-12-19-16(20-15)17(9-6-10-17)14-7-4-3-5-8-14/h3-5,7-8,12-13,18H,6,9-11H2,1-2H3,(H,19,20). The molecule has 2 aromatic rings. The van der Waals surface area contributed by atoms with Gasteiger partial charge in [0, 0.05) is 24.5 Å². The topological polar surface area (TPSA) is 40.7 Å². The van der Waals surface area contributed by atoms with Crippen LogP contribution >= 0.6 is 0 Å². The van der Waals surface area contributed by atoms with Crippen molar-refractivity contribution in [3.05, 3.63) is 53.6 Å². The van der Waals surface area contributed by atoms with Crippen LogP contribution in [0.5, 0.6) is 0 Å². The molecule has 1 fully saturated rings. The Kier molecular flexibility index (Phi) is 3.62. The number of H-pyrrole nitrogens is 1. The minimum absolute atomic E-state index is 0.122. The number of benzene rings is 1. The van der Waals surface area contributed by atoms with Crippen molar-refractivity contribution in [3.63, 3.8) is 0 Å². The highest BCUT2D eigenvalue weighted by Crippen LogP contribution is 2.47. The molecule has 0 spiro atoms. The van der Waals surface area contributed by atoms with E-state index in [2.05, 4.69) is 59.5 Å².